The summed E-state index contributed by atoms with van der Waals surface area (Å²) in [6, 6.07) is 11.9. The number of hydrogen-bond donors (Lipinski definition) is 4. The molecule has 7 N–H and O–H groups in total. The van der Waals surface area contributed by atoms with Gasteiger partial charge in [0.2, 0.25) is 0 Å². The third-order valence-corrected chi connectivity index (χ3v) is 3.41. The number of hydrazone groups is 1. The highest BCUT2D eigenvalue weighted by atomic mass is 35.5. The SMILES string of the molecule is N/N=C(\NN)C(Oc1ccc(Cl)cc1N)c1ccc(Cl)cc1. The molecule has 22 heavy (non-hydrogen) atoms. The van der Waals surface area contributed by atoms with Crippen LogP contribution in [-0.4, -0.2) is 5.84 Å². The average molecular weight is 340 g/mol. The third-order valence-electron chi connectivity index (χ3n) is 2.92. The summed E-state index contributed by atoms with van der Waals surface area (Å²) < 4.78 is 5.89. The van der Waals surface area contributed by atoms with Crippen LogP contribution in [0, 0.1) is 0 Å². The first kappa shape index (κ1) is 16.2. The predicted molar refractivity (Wildman–Crippen MR) is 89.6 cm³/mol. The molecule has 0 amide bonds. The first-order valence-corrected chi connectivity index (χ1v) is 7.02. The van der Waals surface area contributed by atoms with Crippen LogP contribution in [0.4, 0.5) is 5.69 Å². The fourth-order valence-corrected chi connectivity index (χ4v) is 2.16. The zero-order chi connectivity index (χ0) is 16.1. The lowest BCUT2D eigenvalue weighted by molar-refractivity contribution is 0.270. The van der Waals surface area contributed by atoms with Crippen molar-refractivity contribution in [3.05, 3.63) is 58.1 Å². The van der Waals surface area contributed by atoms with Gasteiger partial charge < -0.3 is 21.7 Å². The van der Waals surface area contributed by atoms with E-state index in [1.807, 2.05) is 0 Å². The van der Waals surface area contributed by atoms with E-state index >= 15 is 0 Å². The topological polar surface area (TPSA) is 112 Å². The Kier molecular flexibility index (Phi) is 5.32. The Morgan fingerprint density at radius 3 is 2.27 bits per heavy atom. The van der Waals surface area contributed by atoms with E-state index in [1.54, 1.807) is 42.5 Å². The summed E-state index contributed by atoms with van der Waals surface area (Å²) in [6.07, 6.45) is -0.671. The van der Waals surface area contributed by atoms with Crippen molar-refractivity contribution in [2.24, 2.45) is 16.8 Å². The van der Waals surface area contributed by atoms with Gasteiger partial charge in [-0.05, 0) is 30.3 Å². The molecule has 8 heteroatoms. The van der Waals surface area contributed by atoms with Crippen LogP contribution in [0.15, 0.2) is 47.6 Å². The van der Waals surface area contributed by atoms with E-state index in [4.69, 9.17) is 45.4 Å². The minimum atomic E-state index is -0.671. The van der Waals surface area contributed by atoms with Crippen molar-refractivity contribution in [3.8, 4) is 5.75 Å². The van der Waals surface area contributed by atoms with Gasteiger partial charge in [0, 0.05) is 15.6 Å². The molecule has 0 aliphatic rings. The van der Waals surface area contributed by atoms with E-state index in [0.29, 0.717) is 21.5 Å². The molecule has 0 saturated heterocycles. The van der Waals surface area contributed by atoms with Gasteiger partial charge >= 0.3 is 0 Å². The summed E-state index contributed by atoms with van der Waals surface area (Å²) >= 11 is 11.8. The fraction of sp³-hybridized carbons (Fsp3) is 0.0714. The number of hydrogen-bond acceptors (Lipinski definition) is 5. The molecule has 0 heterocycles. The number of rotatable bonds is 4. The number of ether oxygens (including phenoxy) is 1. The number of nitrogens with zero attached hydrogens (tertiary/aromatic N) is 1. The predicted octanol–water partition coefficient (Wildman–Crippen LogP) is 2.43. The summed E-state index contributed by atoms with van der Waals surface area (Å²) in [4.78, 5) is 0. The normalized spacial score (nSPS) is 12.8. The van der Waals surface area contributed by atoms with Crippen molar-refractivity contribution in [2.75, 3.05) is 5.73 Å². The summed E-state index contributed by atoms with van der Waals surface area (Å²) in [5.41, 5.74) is 9.46. The van der Waals surface area contributed by atoms with Crippen molar-refractivity contribution >= 4 is 34.7 Å². The minimum Gasteiger partial charge on any atom is -0.475 e. The molecule has 6 nitrogen and oxygen atoms in total. The number of anilines is 1. The maximum atomic E-state index is 5.90. The summed E-state index contributed by atoms with van der Waals surface area (Å²) in [6.45, 7) is 0. The van der Waals surface area contributed by atoms with Crippen molar-refractivity contribution in [2.45, 2.75) is 6.10 Å². The van der Waals surface area contributed by atoms with Gasteiger partial charge in [-0.1, -0.05) is 35.3 Å². The molecule has 0 saturated carbocycles. The standard InChI is InChI=1S/C14H15Cl2N5O/c15-9-3-1-8(2-4-9)13(14(20-18)21-19)22-12-6-5-10(16)7-11(12)17/h1-7,13H,17-19H2,(H,20,21). The number of amidine groups is 1. The van der Waals surface area contributed by atoms with E-state index < -0.39 is 6.10 Å². The van der Waals surface area contributed by atoms with E-state index in [9.17, 15) is 0 Å². The summed E-state index contributed by atoms with van der Waals surface area (Å²) in [5, 5.41) is 4.71. The van der Waals surface area contributed by atoms with Gasteiger partial charge in [-0.2, -0.15) is 5.10 Å². The second-order valence-electron chi connectivity index (χ2n) is 4.39. The molecule has 2 aromatic rings. The first-order valence-electron chi connectivity index (χ1n) is 6.26. The number of nitrogen functional groups attached to an aromatic ring is 1. The molecule has 0 radical (unpaired) electrons. The first-order chi connectivity index (χ1) is 10.5. The number of hydrazine groups is 1. The Morgan fingerprint density at radius 1 is 1.09 bits per heavy atom. The second kappa shape index (κ2) is 7.22. The average Bonchev–Trinajstić information content (AvgIpc) is 2.50. The molecule has 1 atom stereocenters. The Hall–Kier alpha value is -2.15. The van der Waals surface area contributed by atoms with E-state index in [2.05, 4.69) is 10.5 Å². The van der Waals surface area contributed by atoms with Crippen LogP contribution in [-0.2, 0) is 0 Å². The van der Waals surface area contributed by atoms with Crippen LogP contribution < -0.4 is 27.6 Å². The molecular weight excluding hydrogens is 325 g/mol. The molecule has 116 valence electrons. The van der Waals surface area contributed by atoms with E-state index in [-0.39, 0.29) is 5.84 Å². The molecule has 0 spiro atoms. The number of benzene rings is 2. The van der Waals surface area contributed by atoms with Crippen LogP contribution in [0.2, 0.25) is 10.0 Å². The highest BCUT2D eigenvalue weighted by Gasteiger charge is 2.21. The number of halogens is 2. The lowest BCUT2D eigenvalue weighted by atomic mass is 10.1. The smallest absolute Gasteiger partial charge is 0.184 e. The van der Waals surface area contributed by atoms with Crippen LogP contribution in [0.25, 0.3) is 0 Å². The van der Waals surface area contributed by atoms with Gasteiger partial charge in [0.25, 0.3) is 0 Å². The summed E-state index contributed by atoms with van der Waals surface area (Å²) in [5.74, 6) is 11.5. The number of nitrogens with two attached hydrogens (primary N) is 3. The fourth-order valence-electron chi connectivity index (χ4n) is 1.85. The van der Waals surface area contributed by atoms with Crippen molar-refractivity contribution in [3.63, 3.8) is 0 Å². The molecule has 0 aliphatic heterocycles. The highest BCUT2D eigenvalue weighted by molar-refractivity contribution is 6.31. The number of nitrogens with one attached hydrogen (secondary N) is 1. The maximum absolute atomic E-state index is 5.90. The highest BCUT2D eigenvalue weighted by Crippen LogP contribution is 2.30. The lowest BCUT2D eigenvalue weighted by Gasteiger charge is -2.21. The van der Waals surface area contributed by atoms with Crippen LogP contribution >= 0.6 is 23.2 Å². The molecule has 1 unspecified atom stereocenters. The maximum Gasteiger partial charge on any atom is 0.184 e. The third kappa shape index (κ3) is 3.73. The lowest BCUT2D eigenvalue weighted by Crippen LogP contribution is -2.38. The van der Waals surface area contributed by atoms with Crippen LogP contribution in [0.5, 0.6) is 5.75 Å². The molecule has 0 aliphatic carbocycles. The Bertz CT molecular complexity index is 675. The molecule has 0 fully saturated rings. The van der Waals surface area contributed by atoms with Gasteiger partial charge in [-0.15, -0.1) is 0 Å². The van der Waals surface area contributed by atoms with Crippen LogP contribution in [0.3, 0.4) is 0 Å². The quantitative estimate of drug-likeness (QED) is 0.225. The summed E-state index contributed by atoms with van der Waals surface area (Å²) in [7, 11) is 0. The monoisotopic (exact) mass is 339 g/mol. The Morgan fingerprint density at radius 2 is 1.73 bits per heavy atom. The zero-order valence-electron chi connectivity index (χ0n) is 11.5. The van der Waals surface area contributed by atoms with Gasteiger partial charge in [0.05, 0.1) is 5.69 Å². The van der Waals surface area contributed by atoms with E-state index in [0.717, 1.165) is 5.56 Å². The van der Waals surface area contributed by atoms with Crippen molar-refractivity contribution < 1.29 is 4.74 Å². The van der Waals surface area contributed by atoms with E-state index in [1.165, 1.54) is 0 Å². The molecule has 2 aromatic carbocycles. The van der Waals surface area contributed by atoms with Gasteiger partial charge in [0.15, 0.2) is 11.9 Å². The van der Waals surface area contributed by atoms with Crippen LogP contribution in [0.1, 0.15) is 11.7 Å². The molecular formula is C14H15Cl2N5O. The van der Waals surface area contributed by atoms with Gasteiger partial charge in [0.1, 0.15) is 5.75 Å². The van der Waals surface area contributed by atoms with Crippen molar-refractivity contribution in [1.29, 1.82) is 0 Å². The molecule has 2 rings (SSSR count). The molecule has 0 aromatic heterocycles. The largest absolute Gasteiger partial charge is 0.475 e. The second-order valence-corrected chi connectivity index (χ2v) is 5.26. The Balaban J connectivity index is 2.38. The van der Waals surface area contributed by atoms with Crippen molar-refractivity contribution in [1.82, 2.24) is 5.43 Å². The Labute approximate surface area is 137 Å². The van der Waals surface area contributed by atoms with Gasteiger partial charge in [-0.25, -0.2) is 5.84 Å². The minimum absolute atomic E-state index is 0.233. The molecule has 0 bridgehead atoms. The zero-order valence-corrected chi connectivity index (χ0v) is 13.0. The van der Waals surface area contributed by atoms with Gasteiger partial charge in [-0.3, -0.25) is 0 Å².